The molecule has 1 aromatic rings. The molecular weight excluding hydrogens is 286 g/mol. The summed E-state index contributed by atoms with van der Waals surface area (Å²) in [6.45, 7) is 17.5. The zero-order valence-corrected chi connectivity index (χ0v) is 15.1. The molecule has 0 bridgehead atoms. The standard InChI is InChI=1S/C20H29NO2/c1-7-8-9-10-11-15(2)23-19(22)16-12-13-18(21-6)17(14-16)20(3,4)5/h12-15H,7-11H2,1-5H3/t15-/m0/s1. The van der Waals surface area contributed by atoms with Gasteiger partial charge in [-0.25, -0.2) is 9.64 Å². The van der Waals surface area contributed by atoms with Crippen molar-refractivity contribution < 1.29 is 9.53 Å². The zero-order chi connectivity index (χ0) is 17.5. The van der Waals surface area contributed by atoms with E-state index in [1.54, 1.807) is 18.2 Å². The number of benzene rings is 1. The van der Waals surface area contributed by atoms with Gasteiger partial charge in [-0.3, -0.25) is 0 Å². The highest BCUT2D eigenvalue weighted by Gasteiger charge is 2.21. The lowest BCUT2D eigenvalue weighted by molar-refractivity contribution is 0.0319. The number of unbranched alkanes of at least 4 members (excludes halogenated alkanes) is 3. The van der Waals surface area contributed by atoms with Gasteiger partial charge in [-0.1, -0.05) is 65.2 Å². The smallest absolute Gasteiger partial charge is 0.338 e. The van der Waals surface area contributed by atoms with Gasteiger partial charge in [-0.2, -0.15) is 0 Å². The van der Waals surface area contributed by atoms with Gasteiger partial charge < -0.3 is 4.74 Å². The normalized spacial score (nSPS) is 12.5. The number of carbonyl (C=O) groups excluding carboxylic acids is 1. The summed E-state index contributed by atoms with van der Waals surface area (Å²) in [7, 11) is 0. The third kappa shape index (κ3) is 6.06. The van der Waals surface area contributed by atoms with Crippen molar-refractivity contribution in [3.63, 3.8) is 0 Å². The largest absolute Gasteiger partial charge is 0.459 e. The molecule has 1 atom stereocenters. The fourth-order valence-corrected chi connectivity index (χ4v) is 2.53. The van der Waals surface area contributed by atoms with Crippen LogP contribution < -0.4 is 0 Å². The lowest BCUT2D eigenvalue weighted by Gasteiger charge is -2.22. The van der Waals surface area contributed by atoms with Crippen LogP contribution in [0.5, 0.6) is 0 Å². The van der Waals surface area contributed by atoms with Gasteiger partial charge in [0.1, 0.15) is 0 Å². The number of hydrogen-bond donors (Lipinski definition) is 0. The molecule has 0 aromatic heterocycles. The summed E-state index contributed by atoms with van der Waals surface area (Å²) < 4.78 is 5.54. The van der Waals surface area contributed by atoms with Crippen molar-refractivity contribution in [2.75, 3.05) is 0 Å². The van der Waals surface area contributed by atoms with Gasteiger partial charge in [-0.15, -0.1) is 0 Å². The molecule has 0 fully saturated rings. The van der Waals surface area contributed by atoms with Crippen molar-refractivity contribution in [2.45, 2.75) is 78.2 Å². The van der Waals surface area contributed by atoms with E-state index in [4.69, 9.17) is 11.3 Å². The van der Waals surface area contributed by atoms with Crippen LogP contribution in [0.15, 0.2) is 18.2 Å². The lowest BCUT2D eigenvalue weighted by Crippen LogP contribution is -2.17. The summed E-state index contributed by atoms with van der Waals surface area (Å²) in [4.78, 5) is 15.9. The maximum Gasteiger partial charge on any atom is 0.338 e. The van der Waals surface area contributed by atoms with Crippen LogP contribution in [-0.2, 0) is 10.2 Å². The first-order valence-electron chi connectivity index (χ1n) is 8.52. The first kappa shape index (κ1) is 19.2. The van der Waals surface area contributed by atoms with Gasteiger partial charge in [0.05, 0.1) is 18.2 Å². The minimum absolute atomic E-state index is 0.0713. The Bertz CT molecular complexity index is 564. The average Bonchev–Trinajstić information content (AvgIpc) is 2.50. The molecule has 0 saturated heterocycles. The van der Waals surface area contributed by atoms with E-state index < -0.39 is 0 Å². The minimum Gasteiger partial charge on any atom is -0.459 e. The van der Waals surface area contributed by atoms with Crippen molar-refractivity contribution in [1.82, 2.24) is 0 Å². The molecule has 1 aromatic carbocycles. The lowest BCUT2D eigenvalue weighted by atomic mass is 9.85. The van der Waals surface area contributed by atoms with Crippen LogP contribution >= 0.6 is 0 Å². The second-order valence-corrected chi connectivity index (χ2v) is 7.16. The van der Waals surface area contributed by atoms with E-state index >= 15 is 0 Å². The van der Waals surface area contributed by atoms with Crippen LogP contribution in [0.2, 0.25) is 0 Å². The molecule has 0 radical (unpaired) electrons. The molecule has 0 saturated carbocycles. The Morgan fingerprint density at radius 2 is 1.96 bits per heavy atom. The number of nitrogens with zero attached hydrogens (tertiary/aromatic N) is 1. The van der Waals surface area contributed by atoms with Crippen molar-refractivity contribution in [3.8, 4) is 0 Å². The maximum absolute atomic E-state index is 12.3. The van der Waals surface area contributed by atoms with Crippen molar-refractivity contribution in [1.29, 1.82) is 0 Å². The molecule has 0 N–H and O–H groups in total. The topological polar surface area (TPSA) is 30.7 Å². The summed E-state index contributed by atoms with van der Waals surface area (Å²) in [5.74, 6) is -0.296. The zero-order valence-electron chi connectivity index (χ0n) is 15.1. The summed E-state index contributed by atoms with van der Waals surface area (Å²) >= 11 is 0. The summed E-state index contributed by atoms with van der Waals surface area (Å²) in [5, 5.41) is 0. The van der Waals surface area contributed by atoms with E-state index in [1.807, 2.05) is 27.7 Å². The molecule has 0 aliphatic heterocycles. The fraction of sp³-hybridized carbons (Fsp3) is 0.600. The quantitative estimate of drug-likeness (QED) is 0.348. The van der Waals surface area contributed by atoms with E-state index in [1.165, 1.54) is 19.3 Å². The highest BCUT2D eigenvalue weighted by molar-refractivity contribution is 5.90. The molecule has 23 heavy (non-hydrogen) atoms. The number of hydrogen-bond acceptors (Lipinski definition) is 2. The summed E-state index contributed by atoms with van der Waals surface area (Å²) in [6.07, 6.45) is 5.54. The van der Waals surface area contributed by atoms with E-state index in [9.17, 15) is 4.79 Å². The predicted octanol–water partition coefficient (Wildman–Crippen LogP) is 6.05. The van der Waals surface area contributed by atoms with Gasteiger partial charge in [0.15, 0.2) is 5.69 Å². The Balaban J connectivity index is 2.75. The highest BCUT2D eigenvalue weighted by Crippen LogP contribution is 2.32. The van der Waals surface area contributed by atoms with Crippen LogP contribution in [0.25, 0.3) is 4.85 Å². The molecule has 0 amide bonds. The van der Waals surface area contributed by atoms with Gasteiger partial charge in [-0.05, 0) is 30.7 Å². The molecule has 0 unspecified atom stereocenters. The molecule has 0 spiro atoms. The second kappa shape index (κ2) is 8.72. The fourth-order valence-electron chi connectivity index (χ4n) is 2.53. The maximum atomic E-state index is 12.3. The Kier molecular flexibility index (Phi) is 7.29. The van der Waals surface area contributed by atoms with Gasteiger partial charge in [0.2, 0.25) is 0 Å². The molecule has 3 nitrogen and oxygen atoms in total. The Morgan fingerprint density at radius 1 is 1.26 bits per heavy atom. The average molecular weight is 315 g/mol. The summed E-state index contributed by atoms with van der Waals surface area (Å²) in [6, 6.07) is 5.21. The molecule has 0 aliphatic rings. The molecule has 1 rings (SSSR count). The van der Waals surface area contributed by atoms with Crippen molar-refractivity contribution in [3.05, 3.63) is 40.7 Å². The number of rotatable bonds is 7. The van der Waals surface area contributed by atoms with E-state index in [0.29, 0.717) is 11.3 Å². The van der Waals surface area contributed by atoms with Crippen molar-refractivity contribution >= 4 is 11.7 Å². The third-order valence-corrected chi connectivity index (χ3v) is 3.93. The Hall–Kier alpha value is -1.82. The van der Waals surface area contributed by atoms with E-state index in [2.05, 4.69) is 11.8 Å². The third-order valence-electron chi connectivity index (χ3n) is 3.93. The van der Waals surface area contributed by atoms with Gasteiger partial charge >= 0.3 is 5.97 Å². The molecule has 0 aliphatic carbocycles. The van der Waals surface area contributed by atoms with Crippen LogP contribution in [0.4, 0.5) is 5.69 Å². The number of carbonyl (C=O) groups is 1. The molecule has 0 heterocycles. The summed E-state index contributed by atoms with van der Waals surface area (Å²) in [5.41, 5.74) is 1.84. The van der Waals surface area contributed by atoms with E-state index in [-0.39, 0.29) is 17.5 Å². The van der Waals surface area contributed by atoms with Gasteiger partial charge in [0.25, 0.3) is 0 Å². The number of esters is 1. The molecule has 126 valence electrons. The highest BCUT2D eigenvalue weighted by atomic mass is 16.5. The van der Waals surface area contributed by atoms with E-state index in [0.717, 1.165) is 18.4 Å². The second-order valence-electron chi connectivity index (χ2n) is 7.16. The predicted molar refractivity (Wildman–Crippen MR) is 95.0 cm³/mol. The van der Waals surface area contributed by atoms with Crippen LogP contribution in [0.3, 0.4) is 0 Å². The monoisotopic (exact) mass is 315 g/mol. The molecule has 3 heteroatoms. The van der Waals surface area contributed by atoms with Crippen LogP contribution in [0.1, 0.15) is 82.6 Å². The van der Waals surface area contributed by atoms with Crippen LogP contribution in [0, 0.1) is 6.57 Å². The van der Waals surface area contributed by atoms with Crippen molar-refractivity contribution in [2.24, 2.45) is 0 Å². The Labute approximate surface area is 140 Å². The minimum atomic E-state index is -0.296. The van der Waals surface area contributed by atoms with Gasteiger partial charge in [0, 0.05) is 0 Å². The number of ether oxygens (including phenoxy) is 1. The first-order valence-corrected chi connectivity index (χ1v) is 8.52. The van der Waals surface area contributed by atoms with Crippen LogP contribution in [-0.4, -0.2) is 12.1 Å². The molecular formula is C20H29NO2. The first-order chi connectivity index (χ1) is 10.8. The SMILES string of the molecule is [C-]#[N+]c1ccc(C(=O)O[C@@H](C)CCCCCC)cc1C(C)(C)C. The Morgan fingerprint density at radius 3 is 2.52 bits per heavy atom.